The molecule has 0 rings (SSSR count). The van der Waals surface area contributed by atoms with Crippen LogP contribution in [0, 0.1) is 0 Å². The van der Waals surface area contributed by atoms with Gasteiger partial charge in [0.1, 0.15) is 6.04 Å². The topological polar surface area (TPSA) is 60.8 Å². The zero-order chi connectivity index (χ0) is 8.15. The second kappa shape index (κ2) is 4.24. The standard InChI is InChI=1S/C6H13NO3/c1-3-5(6(8)9)7(10)4-2/h5,10H,3-4H2,1-2H3,(H,8,9). The van der Waals surface area contributed by atoms with Crippen molar-refractivity contribution >= 4 is 5.97 Å². The van der Waals surface area contributed by atoms with Crippen LogP contribution in [0.15, 0.2) is 0 Å². The van der Waals surface area contributed by atoms with Crippen LogP contribution in [-0.4, -0.2) is 33.9 Å². The maximum absolute atomic E-state index is 10.3. The minimum Gasteiger partial charge on any atom is -0.480 e. The van der Waals surface area contributed by atoms with Crippen LogP contribution >= 0.6 is 0 Å². The Morgan fingerprint density at radius 1 is 1.60 bits per heavy atom. The van der Waals surface area contributed by atoms with Crippen molar-refractivity contribution in [3.05, 3.63) is 0 Å². The number of nitrogens with zero attached hydrogens (tertiary/aromatic N) is 1. The molecule has 0 aromatic rings. The third-order valence-corrected chi connectivity index (χ3v) is 1.36. The second-order valence-corrected chi connectivity index (χ2v) is 2.02. The van der Waals surface area contributed by atoms with Gasteiger partial charge < -0.3 is 10.3 Å². The predicted molar refractivity (Wildman–Crippen MR) is 35.9 cm³/mol. The Hall–Kier alpha value is -0.610. The number of carboxylic acid groups (broad SMARTS) is 1. The first-order valence-corrected chi connectivity index (χ1v) is 3.31. The maximum Gasteiger partial charge on any atom is 0.323 e. The van der Waals surface area contributed by atoms with Gasteiger partial charge in [-0.05, 0) is 6.42 Å². The van der Waals surface area contributed by atoms with Gasteiger partial charge in [0.15, 0.2) is 0 Å². The van der Waals surface area contributed by atoms with Gasteiger partial charge in [0.05, 0.1) is 0 Å². The largest absolute Gasteiger partial charge is 0.480 e. The van der Waals surface area contributed by atoms with Crippen LogP contribution in [-0.2, 0) is 4.79 Å². The van der Waals surface area contributed by atoms with Gasteiger partial charge in [0.2, 0.25) is 0 Å². The number of hydroxylamine groups is 2. The Balaban J connectivity index is 3.92. The highest BCUT2D eigenvalue weighted by atomic mass is 16.5. The van der Waals surface area contributed by atoms with Crippen LogP contribution in [0.3, 0.4) is 0 Å². The second-order valence-electron chi connectivity index (χ2n) is 2.02. The van der Waals surface area contributed by atoms with E-state index in [1.165, 1.54) is 0 Å². The first kappa shape index (κ1) is 9.39. The fourth-order valence-electron chi connectivity index (χ4n) is 0.733. The van der Waals surface area contributed by atoms with Gasteiger partial charge >= 0.3 is 5.97 Å². The van der Waals surface area contributed by atoms with Gasteiger partial charge in [-0.3, -0.25) is 4.79 Å². The minimum absolute atomic E-state index is 0.338. The molecule has 0 saturated carbocycles. The van der Waals surface area contributed by atoms with Crippen molar-refractivity contribution in [2.45, 2.75) is 26.3 Å². The molecule has 0 amide bonds. The molecule has 0 radical (unpaired) electrons. The highest BCUT2D eigenvalue weighted by Crippen LogP contribution is 1.99. The third kappa shape index (κ3) is 2.33. The first-order valence-electron chi connectivity index (χ1n) is 3.31. The van der Waals surface area contributed by atoms with Crippen molar-refractivity contribution in [2.75, 3.05) is 6.54 Å². The number of hydrogen-bond donors (Lipinski definition) is 2. The van der Waals surface area contributed by atoms with E-state index in [-0.39, 0.29) is 0 Å². The molecule has 0 aromatic heterocycles. The Kier molecular flexibility index (Phi) is 3.99. The van der Waals surface area contributed by atoms with E-state index in [0.29, 0.717) is 13.0 Å². The van der Waals surface area contributed by atoms with Crippen LogP contribution in [0.4, 0.5) is 0 Å². The van der Waals surface area contributed by atoms with Crippen molar-refractivity contribution in [3.8, 4) is 0 Å². The number of carboxylic acids is 1. The number of aliphatic carboxylic acids is 1. The summed E-state index contributed by atoms with van der Waals surface area (Å²) in [5, 5.41) is 18.2. The van der Waals surface area contributed by atoms with Crippen molar-refractivity contribution in [2.24, 2.45) is 0 Å². The lowest BCUT2D eigenvalue weighted by Gasteiger charge is -2.18. The molecule has 60 valence electrons. The van der Waals surface area contributed by atoms with Crippen molar-refractivity contribution < 1.29 is 15.1 Å². The molecule has 4 nitrogen and oxygen atoms in total. The van der Waals surface area contributed by atoms with Gasteiger partial charge in [0.25, 0.3) is 0 Å². The molecule has 0 saturated heterocycles. The van der Waals surface area contributed by atoms with E-state index in [0.717, 1.165) is 5.06 Å². The molecular formula is C6H13NO3. The summed E-state index contributed by atoms with van der Waals surface area (Å²) >= 11 is 0. The fraction of sp³-hybridized carbons (Fsp3) is 0.833. The Bertz CT molecular complexity index is 116. The van der Waals surface area contributed by atoms with Gasteiger partial charge in [-0.25, -0.2) is 0 Å². The highest BCUT2D eigenvalue weighted by Gasteiger charge is 2.20. The Morgan fingerprint density at radius 3 is 2.20 bits per heavy atom. The Morgan fingerprint density at radius 2 is 2.10 bits per heavy atom. The molecule has 4 heteroatoms. The van der Waals surface area contributed by atoms with Crippen LogP contribution < -0.4 is 0 Å². The zero-order valence-electron chi connectivity index (χ0n) is 6.24. The molecule has 1 atom stereocenters. The summed E-state index contributed by atoms with van der Waals surface area (Å²) in [6.45, 7) is 3.76. The van der Waals surface area contributed by atoms with Gasteiger partial charge in [-0.15, -0.1) is 0 Å². The Labute approximate surface area is 60.0 Å². The summed E-state index contributed by atoms with van der Waals surface area (Å²) in [4.78, 5) is 10.3. The van der Waals surface area contributed by atoms with E-state index in [1.54, 1.807) is 13.8 Å². The average Bonchev–Trinajstić information content (AvgIpc) is 1.88. The van der Waals surface area contributed by atoms with Crippen molar-refractivity contribution in [1.82, 2.24) is 5.06 Å². The van der Waals surface area contributed by atoms with Crippen LogP contribution in [0.5, 0.6) is 0 Å². The molecule has 0 aliphatic rings. The van der Waals surface area contributed by atoms with E-state index in [9.17, 15) is 4.79 Å². The van der Waals surface area contributed by atoms with E-state index in [2.05, 4.69) is 0 Å². The summed E-state index contributed by atoms with van der Waals surface area (Å²) in [5.41, 5.74) is 0. The van der Waals surface area contributed by atoms with Crippen LogP contribution in [0.2, 0.25) is 0 Å². The zero-order valence-corrected chi connectivity index (χ0v) is 6.24. The highest BCUT2D eigenvalue weighted by molar-refractivity contribution is 5.73. The van der Waals surface area contributed by atoms with E-state index in [4.69, 9.17) is 10.3 Å². The van der Waals surface area contributed by atoms with Crippen molar-refractivity contribution in [3.63, 3.8) is 0 Å². The molecular weight excluding hydrogens is 134 g/mol. The molecule has 0 spiro atoms. The molecule has 0 aliphatic carbocycles. The number of likely N-dealkylation sites (N-methyl/N-ethyl adjacent to an activating group) is 1. The quantitative estimate of drug-likeness (QED) is 0.570. The van der Waals surface area contributed by atoms with E-state index in [1.807, 2.05) is 0 Å². The van der Waals surface area contributed by atoms with Crippen molar-refractivity contribution in [1.29, 1.82) is 0 Å². The smallest absolute Gasteiger partial charge is 0.323 e. The number of carbonyl (C=O) groups is 1. The number of hydrogen-bond acceptors (Lipinski definition) is 3. The lowest BCUT2D eigenvalue weighted by Crippen LogP contribution is -2.38. The molecule has 10 heavy (non-hydrogen) atoms. The molecule has 0 bridgehead atoms. The third-order valence-electron chi connectivity index (χ3n) is 1.36. The summed E-state index contributed by atoms with van der Waals surface area (Å²) in [6, 6.07) is -0.759. The lowest BCUT2D eigenvalue weighted by molar-refractivity contribution is -0.168. The maximum atomic E-state index is 10.3. The van der Waals surface area contributed by atoms with Gasteiger partial charge in [0, 0.05) is 6.54 Å². The first-order chi connectivity index (χ1) is 4.63. The molecule has 0 aliphatic heterocycles. The fourth-order valence-corrected chi connectivity index (χ4v) is 0.733. The normalized spacial score (nSPS) is 13.6. The van der Waals surface area contributed by atoms with Gasteiger partial charge in [-0.1, -0.05) is 13.8 Å². The predicted octanol–water partition coefficient (Wildman–Crippen LogP) is 0.561. The minimum atomic E-state index is -0.980. The molecule has 2 N–H and O–H groups in total. The molecule has 0 fully saturated rings. The lowest BCUT2D eigenvalue weighted by atomic mass is 10.2. The van der Waals surface area contributed by atoms with Crippen LogP contribution in [0.25, 0.3) is 0 Å². The summed E-state index contributed by atoms with van der Waals surface area (Å²) in [5.74, 6) is -0.980. The molecule has 0 aromatic carbocycles. The monoisotopic (exact) mass is 147 g/mol. The van der Waals surface area contributed by atoms with E-state index < -0.39 is 12.0 Å². The molecule has 1 unspecified atom stereocenters. The summed E-state index contributed by atoms with van der Waals surface area (Å²) in [6.07, 6.45) is 0.416. The average molecular weight is 147 g/mol. The molecule has 0 heterocycles. The van der Waals surface area contributed by atoms with E-state index >= 15 is 0 Å². The summed E-state index contributed by atoms with van der Waals surface area (Å²) in [7, 11) is 0. The van der Waals surface area contributed by atoms with Crippen LogP contribution in [0.1, 0.15) is 20.3 Å². The summed E-state index contributed by atoms with van der Waals surface area (Å²) < 4.78 is 0. The SMILES string of the molecule is CCC(C(=O)O)N(O)CC. The van der Waals surface area contributed by atoms with Gasteiger partial charge in [-0.2, -0.15) is 5.06 Å². The number of rotatable bonds is 4.